The predicted molar refractivity (Wildman–Crippen MR) is 184 cm³/mol. The molecular weight excluding hydrogens is 512 g/mol. The van der Waals surface area contributed by atoms with Gasteiger partial charge in [0.25, 0.3) is 0 Å². The molecule has 0 amide bonds. The highest BCUT2D eigenvalue weighted by atomic mass is 16.3. The van der Waals surface area contributed by atoms with E-state index in [-0.39, 0.29) is 23.0 Å². The van der Waals surface area contributed by atoms with Crippen molar-refractivity contribution >= 4 is 0 Å². The van der Waals surface area contributed by atoms with Crippen molar-refractivity contribution in [3.63, 3.8) is 0 Å². The van der Waals surface area contributed by atoms with Gasteiger partial charge in [-0.1, -0.05) is 146 Å². The van der Waals surface area contributed by atoms with Gasteiger partial charge in [0.1, 0.15) is 0 Å². The summed E-state index contributed by atoms with van der Waals surface area (Å²) in [6.07, 6.45) is 32.6. The second kappa shape index (κ2) is 16.1. The van der Waals surface area contributed by atoms with Gasteiger partial charge in [0.2, 0.25) is 0 Å². The summed E-state index contributed by atoms with van der Waals surface area (Å²) in [6.45, 7) is 21.6. The highest BCUT2D eigenvalue weighted by Gasteiger charge is 2.32. The van der Waals surface area contributed by atoms with Crippen molar-refractivity contribution in [1.82, 2.24) is 0 Å². The average Bonchev–Trinajstić information content (AvgIpc) is 2.84. The number of hydrogen-bond donors (Lipinski definition) is 2. The fourth-order valence-electron chi connectivity index (χ4n) is 6.13. The Morgan fingerprint density at radius 3 is 1.19 bits per heavy atom. The number of aliphatic hydroxyl groups excluding tert-OH is 2. The first kappa shape index (κ1) is 35.3. The number of aliphatic hydroxyl groups is 2. The highest BCUT2D eigenvalue weighted by Crippen LogP contribution is 2.42. The van der Waals surface area contributed by atoms with E-state index in [0.29, 0.717) is 0 Å². The Balaban J connectivity index is 1.90. The zero-order valence-corrected chi connectivity index (χ0v) is 28.0. The van der Waals surface area contributed by atoms with Crippen molar-refractivity contribution in [3.8, 4) is 0 Å². The lowest BCUT2D eigenvalue weighted by Gasteiger charge is -2.35. The molecule has 0 heterocycles. The molecule has 2 aliphatic rings. The lowest BCUT2D eigenvalue weighted by Crippen LogP contribution is -2.28. The molecule has 42 heavy (non-hydrogen) atoms. The third kappa shape index (κ3) is 11.7. The van der Waals surface area contributed by atoms with E-state index in [1.807, 2.05) is 0 Å². The minimum Gasteiger partial charge on any atom is -0.393 e. The summed E-state index contributed by atoms with van der Waals surface area (Å²) in [5, 5.41) is 20.2. The molecule has 0 saturated carbocycles. The summed E-state index contributed by atoms with van der Waals surface area (Å²) < 4.78 is 0. The van der Waals surface area contributed by atoms with Gasteiger partial charge in [-0.3, -0.25) is 0 Å². The lowest BCUT2D eigenvalue weighted by molar-refractivity contribution is 0.116. The van der Waals surface area contributed by atoms with Gasteiger partial charge in [-0.25, -0.2) is 0 Å². The molecule has 0 aromatic heterocycles. The maximum absolute atomic E-state index is 10.1. The first-order chi connectivity index (χ1) is 19.6. The Morgan fingerprint density at radius 2 is 0.857 bits per heavy atom. The summed E-state index contributed by atoms with van der Waals surface area (Å²) in [4.78, 5) is 0. The monoisotopic (exact) mass is 568 g/mol. The Labute approximate surface area is 257 Å². The van der Waals surface area contributed by atoms with Crippen molar-refractivity contribution in [2.24, 2.45) is 10.8 Å². The van der Waals surface area contributed by atoms with E-state index in [9.17, 15) is 10.2 Å². The minimum absolute atomic E-state index is 0.00547. The standard InChI is InChI=1S/C40H56O2/c1-29(17-13-19-31(3)21-23-37-33(5)25-35(41)27-39(37,7)8)15-11-12-16-30(2)18-14-20-32(4)22-24-38-34(6)26-36(42)28-40(38,9)10/h11-24,35-36,41-42H,25-28H2,1-10H3/b12-11+,17-13+,18-14+,23-21+,24-22+,29-15+,30-16+,31-19+,32-20+/t35-,36?/m1/s1. The van der Waals surface area contributed by atoms with Gasteiger partial charge in [-0.2, -0.15) is 0 Å². The van der Waals surface area contributed by atoms with E-state index in [0.717, 1.165) is 25.7 Å². The molecule has 0 aromatic carbocycles. The molecule has 0 spiro atoms. The third-order valence-corrected chi connectivity index (χ3v) is 8.24. The normalized spacial score (nSPS) is 25.0. The van der Waals surface area contributed by atoms with Gasteiger partial charge in [-0.05, 0) is 89.2 Å². The molecule has 0 aliphatic heterocycles. The second-order valence-electron chi connectivity index (χ2n) is 13.7. The summed E-state index contributed by atoms with van der Waals surface area (Å²) >= 11 is 0. The Kier molecular flexibility index (Phi) is 13.5. The van der Waals surface area contributed by atoms with Gasteiger partial charge >= 0.3 is 0 Å². The van der Waals surface area contributed by atoms with Gasteiger partial charge in [0.05, 0.1) is 12.2 Å². The van der Waals surface area contributed by atoms with E-state index >= 15 is 0 Å². The molecular formula is C40H56O2. The van der Waals surface area contributed by atoms with Crippen LogP contribution in [0.25, 0.3) is 0 Å². The summed E-state index contributed by atoms with van der Waals surface area (Å²) in [5.74, 6) is 0. The molecule has 1 unspecified atom stereocenters. The van der Waals surface area contributed by atoms with E-state index < -0.39 is 0 Å². The fourth-order valence-corrected chi connectivity index (χ4v) is 6.13. The molecule has 2 nitrogen and oxygen atoms in total. The van der Waals surface area contributed by atoms with Gasteiger partial charge in [0, 0.05) is 0 Å². The van der Waals surface area contributed by atoms with Crippen LogP contribution in [0.1, 0.15) is 94.9 Å². The van der Waals surface area contributed by atoms with Crippen LogP contribution in [0.5, 0.6) is 0 Å². The minimum atomic E-state index is -0.227. The molecule has 0 radical (unpaired) electrons. The SMILES string of the molecule is CC1=C(/C=C/C(C)=C/C=C/C(C)=C/C=C/C=C(C)/C=C/C=C(C)/C=C/C2=C(C)C[C@@H](O)CC2(C)C)C(C)(C)CC(O)C1. The molecule has 2 aliphatic carbocycles. The van der Waals surface area contributed by atoms with Crippen LogP contribution in [0.15, 0.2) is 130 Å². The van der Waals surface area contributed by atoms with Crippen LogP contribution < -0.4 is 0 Å². The largest absolute Gasteiger partial charge is 0.393 e. The average molecular weight is 569 g/mol. The maximum atomic E-state index is 10.1. The zero-order valence-electron chi connectivity index (χ0n) is 28.0. The maximum Gasteiger partial charge on any atom is 0.0585 e. The van der Waals surface area contributed by atoms with Gasteiger partial charge in [0.15, 0.2) is 0 Å². The molecule has 2 rings (SSSR count). The van der Waals surface area contributed by atoms with Crippen LogP contribution in [0.2, 0.25) is 0 Å². The zero-order chi connectivity index (χ0) is 31.5. The molecule has 0 saturated heterocycles. The smallest absolute Gasteiger partial charge is 0.0585 e. The van der Waals surface area contributed by atoms with E-state index in [1.165, 1.54) is 44.6 Å². The van der Waals surface area contributed by atoms with E-state index in [2.05, 4.69) is 154 Å². The second-order valence-corrected chi connectivity index (χ2v) is 13.7. The molecule has 2 heteroatoms. The lowest BCUT2D eigenvalue weighted by atomic mass is 9.71. The van der Waals surface area contributed by atoms with Crippen molar-refractivity contribution < 1.29 is 10.2 Å². The summed E-state index contributed by atoms with van der Waals surface area (Å²) in [5.41, 5.74) is 10.1. The molecule has 0 fully saturated rings. The molecule has 2 N–H and O–H groups in total. The van der Waals surface area contributed by atoms with E-state index in [1.54, 1.807) is 0 Å². The van der Waals surface area contributed by atoms with Gasteiger partial charge < -0.3 is 10.2 Å². The molecule has 2 atom stereocenters. The Bertz CT molecular complexity index is 1190. The quantitative estimate of drug-likeness (QED) is 0.257. The molecule has 0 bridgehead atoms. The van der Waals surface area contributed by atoms with Crippen molar-refractivity contribution in [2.45, 2.75) is 107 Å². The number of allylic oxidation sites excluding steroid dienone is 20. The van der Waals surface area contributed by atoms with Crippen molar-refractivity contribution in [2.75, 3.05) is 0 Å². The molecule has 228 valence electrons. The van der Waals surface area contributed by atoms with Crippen molar-refractivity contribution in [1.29, 1.82) is 0 Å². The van der Waals surface area contributed by atoms with Crippen LogP contribution in [-0.2, 0) is 0 Å². The van der Waals surface area contributed by atoms with Crippen molar-refractivity contribution in [3.05, 3.63) is 130 Å². The Hall–Kier alpha value is -2.94. The van der Waals surface area contributed by atoms with Crippen LogP contribution in [0.4, 0.5) is 0 Å². The number of hydrogen-bond acceptors (Lipinski definition) is 2. The fraction of sp³-hybridized carbons (Fsp3) is 0.450. The number of rotatable bonds is 10. The van der Waals surface area contributed by atoms with E-state index in [4.69, 9.17) is 0 Å². The highest BCUT2D eigenvalue weighted by molar-refractivity contribution is 5.39. The predicted octanol–water partition coefficient (Wildman–Crippen LogP) is 10.5. The van der Waals surface area contributed by atoms with Crippen LogP contribution in [-0.4, -0.2) is 22.4 Å². The third-order valence-electron chi connectivity index (χ3n) is 8.24. The summed E-state index contributed by atoms with van der Waals surface area (Å²) in [6, 6.07) is 0. The summed E-state index contributed by atoms with van der Waals surface area (Å²) in [7, 11) is 0. The Morgan fingerprint density at radius 1 is 0.548 bits per heavy atom. The first-order valence-corrected chi connectivity index (χ1v) is 15.5. The van der Waals surface area contributed by atoms with Crippen LogP contribution in [0.3, 0.4) is 0 Å². The molecule has 0 aromatic rings. The van der Waals surface area contributed by atoms with Gasteiger partial charge in [-0.15, -0.1) is 0 Å². The van der Waals surface area contributed by atoms with Crippen LogP contribution >= 0.6 is 0 Å². The van der Waals surface area contributed by atoms with Crippen LogP contribution in [0, 0.1) is 10.8 Å². The topological polar surface area (TPSA) is 40.5 Å². The first-order valence-electron chi connectivity index (χ1n) is 15.5.